The van der Waals surface area contributed by atoms with Crippen molar-refractivity contribution in [1.29, 1.82) is 0 Å². The highest BCUT2D eigenvalue weighted by atomic mass is 19.1. The van der Waals surface area contributed by atoms with Crippen LogP contribution in [0.25, 0.3) is 0 Å². The molecule has 0 saturated heterocycles. The van der Waals surface area contributed by atoms with Crippen LogP contribution in [0.4, 0.5) is 4.39 Å². The Bertz CT molecular complexity index is 582. The maximum atomic E-state index is 12.7. The lowest BCUT2D eigenvalue weighted by Gasteiger charge is -2.01. The molecule has 1 heterocycles. The second kappa shape index (κ2) is 5.95. The zero-order valence-corrected chi connectivity index (χ0v) is 10.0. The summed E-state index contributed by atoms with van der Waals surface area (Å²) in [4.78, 5) is 23.5. The molecule has 5 heteroatoms. The minimum absolute atomic E-state index is 0.116. The van der Waals surface area contributed by atoms with Gasteiger partial charge < -0.3 is 0 Å². The van der Waals surface area contributed by atoms with Crippen molar-refractivity contribution >= 4 is 11.6 Å². The van der Waals surface area contributed by atoms with Gasteiger partial charge in [0.1, 0.15) is 11.6 Å². The molecule has 0 bridgehead atoms. The quantitative estimate of drug-likeness (QED) is 0.608. The molecule has 0 unspecified atom stereocenters. The van der Waals surface area contributed by atoms with Gasteiger partial charge in [0, 0.05) is 12.0 Å². The van der Waals surface area contributed by atoms with Crippen molar-refractivity contribution in [2.45, 2.75) is 12.8 Å². The van der Waals surface area contributed by atoms with E-state index in [1.807, 2.05) is 0 Å². The lowest BCUT2D eigenvalue weighted by Crippen LogP contribution is -2.11. The number of ketones is 2. The summed E-state index contributed by atoms with van der Waals surface area (Å²) >= 11 is 0. The van der Waals surface area contributed by atoms with Gasteiger partial charge in [-0.25, -0.2) is 4.39 Å². The fourth-order valence-corrected chi connectivity index (χ4v) is 1.63. The smallest absolute Gasteiger partial charge is 0.171 e. The Morgan fingerprint density at radius 3 is 2.42 bits per heavy atom. The summed E-state index contributed by atoms with van der Waals surface area (Å²) in [7, 11) is 0. The lowest BCUT2D eigenvalue weighted by molar-refractivity contribution is -0.117. The van der Waals surface area contributed by atoms with Crippen molar-refractivity contribution < 1.29 is 14.0 Å². The maximum absolute atomic E-state index is 12.7. The van der Waals surface area contributed by atoms with Crippen LogP contribution in [0.5, 0.6) is 0 Å². The predicted molar refractivity (Wildman–Crippen MR) is 66.1 cm³/mol. The van der Waals surface area contributed by atoms with Gasteiger partial charge in [0.15, 0.2) is 5.78 Å². The molecule has 19 heavy (non-hydrogen) atoms. The average Bonchev–Trinajstić information content (AvgIpc) is 2.42. The van der Waals surface area contributed by atoms with Crippen molar-refractivity contribution in [3.05, 3.63) is 59.7 Å². The molecule has 0 aliphatic carbocycles. The number of halogens is 1. The summed E-state index contributed by atoms with van der Waals surface area (Å²) < 4.78 is 12.7. The molecular weight excluding hydrogens is 247 g/mol. The minimum atomic E-state index is -0.352. The molecule has 4 nitrogen and oxygen atoms in total. The molecule has 0 spiro atoms. The van der Waals surface area contributed by atoms with E-state index in [2.05, 4.69) is 10.2 Å². The van der Waals surface area contributed by atoms with E-state index in [0.717, 1.165) is 0 Å². The third-order valence-corrected chi connectivity index (χ3v) is 2.58. The molecule has 0 atom stereocenters. The minimum Gasteiger partial charge on any atom is -0.299 e. The number of hydrogen-bond donors (Lipinski definition) is 0. The van der Waals surface area contributed by atoms with Crippen LogP contribution in [0.15, 0.2) is 42.7 Å². The summed E-state index contributed by atoms with van der Waals surface area (Å²) in [5.41, 5.74) is 1.05. The second-order valence-corrected chi connectivity index (χ2v) is 4.07. The first kappa shape index (κ1) is 13.0. The summed E-state index contributed by atoms with van der Waals surface area (Å²) in [6, 6.07) is 7.16. The van der Waals surface area contributed by atoms with Gasteiger partial charge in [-0.15, -0.1) is 0 Å². The summed E-state index contributed by atoms with van der Waals surface area (Å²) in [6.45, 7) is 0. The summed E-state index contributed by atoms with van der Waals surface area (Å²) in [5.74, 6) is -0.856. The van der Waals surface area contributed by atoms with Gasteiger partial charge in [-0.2, -0.15) is 10.2 Å². The highest BCUT2D eigenvalue weighted by Gasteiger charge is 2.12. The van der Waals surface area contributed by atoms with E-state index in [9.17, 15) is 14.0 Å². The molecule has 0 aliphatic heterocycles. The van der Waals surface area contributed by atoms with E-state index >= 15 is 0 Å². The van der Waals surface area contributed by atoms with Crippen molar-refractivity contribution in [2.24, 2.45) is 0 Å². The Hall–Kier alpha value is -2.43. The van der Waals surface area contributed by atoms with Gasteiger partial charge in [0.2, 0.25) is 0 Å². The topological polar surface area (TPSA) is 59.9 Å². The first-order valence-corrected chi connectivity index (χ1v) is 5.71. The first-order chi connectivity index (χ1) is 9.15. The third-order valence-electron chi connectivity index (χ3n) is 2.58. The maximum Gasteiger partial charge on any atom is 0.171 e. The van der Waals surface area contributed by atoms with Crippen LogP contribution in [0.2, 0.25) is 0 Å². The van der Waals surface area contributed by atoms with Crippen LogP contribution in [0, 0.1) is 5.82 Å². The van der Waals surface area contributed by atoms with Crippen molar-refractivity contribution in [2.75, 3.05) is 0 Å². The monoisotopic (exact) mass is 258 g/mol. The molecule has 1 aromatic carbocycles. The first-order valence-electron chi connectivity index (χ1n) is 5.71. The SMILES string of the molecule is O=C(CC(=O)c1ccnnc1)Cc1ccc(F)cc1. The molecule has 0 N–H and O–H groups in total. The number of hydrogen-bond acceptors (Lipinski definition) is 4. The van der Waals surface area contributed by atoms with Gasteiger partial charge in [-0.3, -0.25) is 9.59 Å². The van der Waals surface area contributed by atoms with Crippen LogP contribution in [0.1, 0.15) is 22.3 Å². The highest BCUT2D eigenvalue weighted by Crippen LogP contribution is 2.07. The Morgan fingerprint density at radius 1 is 1.05 bits per heavy atom. The number of Topliss-reactive ketones (excluding diaryl/α,β-unsaturated/α-hetero) is 2. The fraction of sp³-hybridized carbons (Fsp3) is 0.143. The van der Waals surface area contributed by atoms with Crippen molar-refractivity contribution in [3.8, 4) is 0 Å². The van der Waals surface area contributed by atoms with Crippen molar-refractivity contribution in [3.63, 3.8) is 0 Å². The van der Waals surface area contributed by atoms with E-state index in [1.165, 1.54) is 42.7 Å². The molecule has 2 aromatic rings. The number of benzene rings is 1. The Morgan fingerprint density at radius 2 is 1.79 bits per heavy atom. The second-order valence-electron chi connectivity index (χ2n) is 4.07. The molecule has 0 amide bonds. The van der Waals surface area contributed by atoms with E-state index in [0.29, 0.717) is 11.1 Å². The zero-order valence-electron chi connectivity index (χ0n) is 10.0. The predicted octanol–water partition coefficient (Wildman–Crippen LogP) is 2.00. The van der Waals surface area contributed by atoms with E-state index in [-0.39, 0.29) is 30.2 Å². The molecule has 0 aliphatic rings. The Balaban J connectivity index is 1.95. The van der Waals surface area contributed by atoms with Crippen LogP contribution >= 0.6 is 0 Å². The van der Waals surface area contributed by atoms with Gasteiger partial charge in [0.05, 0.1) is 18.8 Å². The molecule has 1 aromatic heterocycles. The van der Waals surface area contributed by atoms with Gasteiger partial charge in [-0.1, -0.05) is 12.1 Å². The molecule has 96 valence electrons. The molecule has 0 fully saturated rings. The van der Waals surface area contributed by atoms with E-state index in [1.54, 1.807) is 0 Å². The van der Waals surface area contributed by atoms with Crippen molar-refractivity contribution in [1.82, 2.24) is 10.2 Å². The number of nitrogens with zero attached hydrogens (tertiary/aromatic N) is 2. The number of carbonyl (C=O) groups is 2. The lowest BCUT2D eigenvalue weighted by atomic mass is 10.0. The number of aromatic nitrogens is 2. The van der Waals surface area contributed by atoms with Crippen LogP contribution in [-0.4, -0.2) is 21.8 Å². The Labute approximate surface area is 109 Å². The summed E-state index contributed by atoms with van der Waals surface area (Å²) in [5, 5.41) is 7.14. The van der Waals surface area contributed by atoms with Crippen LogP contribution < -0.4 is 0 Å². The van der Waals surface area contributed by atoms with Crippen LogP contribution in [-0.2, 0) is 11.2 Å². The molecule has 0 saturated carbocycles. The fourth-order valence-electron chi connectivity index (χ4n) is 1.63. The summed E-state index contributed by atoms with van der Waals surface area (Å²) in [6.07, 6.45) is 2.65. The van der Waals surface area contributed by atoms with Gasteiger partial charge in [-0.05, 0) is 23.8 Å². The standard InChI is InChI=1S/C14H11FN2O2/c15-12-3-1-10(2-4-12)7-13(18)8-14(19)11-5-6-16-17-9-11/h1-6,9H,7-8H2. The highest BCUT2D eigenvalue weighted by molar-refractivity contribution is 6.08. The molecule has 0 radical (unpaired) electrons. The molecular formula is C14H11FN2O2. The number of carbonyl (C=O) groups excluding carboxylic acids is 2. The van der Waals surface area contributed by atoms with E-state index < -0.39 is 0 Å². The largest absolute Gasteiger partial charge is 0.299 e. The third kappa shape index (κ3) is 3.77. The average molecular weight is 258 g/mol. The number of rotatable bonds is 5. The zero-order chi connectivity index (χ0) is 13.7. The normalized spacial score (nSPS) is 10.2. The van der Waals surface area contributed by atoms with Gasteiger partial charge in [0.25, 0.3) is 0 Å². The van der Waals surface area contributed by atoms with Crippen LogP contribution in [0.3, 0.4) is 0 Å². The molecule has 2 rings (SSSR count). The van der Waals surface area contributed by atoms with Gasteiger partial charge >= 0.3 is 0 Å². The van der Waals surface area contributed by atoms with E-state index in [4.69, 9.17) is 0 Å². The Kier molecular flexibility index (Phi) is 4.07.